The molecule has 0 N–H and O–H groups in total. The van der Waals surface area contributed by atoms with Crippen LogP contribution in [-0.2, 0) is 0 Å². The van der Waals surface area contributed by atoms with Crippen LogP contribution in [0.4, 0.5) is 0 Å². The van der Waals surface area contributed by atoms with Crippen molar-refractivity contribution in [2.24, 2.45) is 0 Å². The van der Waals surface area contributed by atoms with Gasteiger partial charge in [-0.05, 0) is 32.2 Å². The molecule has 0 aliphatic carbocycles. The number of likely N-dealkylation sites (N-methyl/N-ethyl adjacent to an activating group) is 1. The Kier molecular flexibility index (Phi) is 3.66. The van der Waals surface area contributed by atoms with Crippen LogP contribution in [0.1, 0.15) is 17.3 Å². The number of carbonyl (C=O) groups excluding carboxylic acids is 1. The number of Topliss-reactive ketones (excluding diaryl/α,β-unsaturated/α-hetero) is 1. The molecular formula is C12H13B2NO3. The smallest absolute Gasteiger partial charge is 0.231 e. The molecule has 6 heteroatoms. The molecule has 1 heterocycles. The molecule has 2 rings (SSSR count). The molecule has 4 nitrogen and oxygen atoms in total. The van der Waals surface area contributed by atoms with Crippen molar-refractivity contribution in [2.75, 3.05) is 13.8 Å². The van der Waals surface area contributed by atoms with Crippen molar-refractivity contribution in [2.45, 2.75) is 18.8 Å². The number of ether oxygens (including phenoxy) is 2. The number of benzene rings is 1. The van der Waals surface area contributed by atoms with Gasteiger partial charge in [0.25, 0.3) is 0 Å². The van der Waals surface area contributed by atoms with Crippen LogP contribution >= 0.6 is 0 Å². The largest absolute Gasteiger partial charge is 0.454 e. The maximum atomic E-state index is 12.2. The number of hydrogen-bond donors (Lipinski definition) is 0. The maximum Gasteiger partial charge on any atom is 0.231 e. The van der Waals surface area contributed by atoms with Gasteiger partial charge in [0, 0.05) is 5.56 Å². The van der Waals surface area contributed by atoms with Crippen molar-refractivity contribution in [3.8, 4) is 11.5 Å². The quantitative estimate of drug-likeness (QED) is 0.569. The zero-order valence-corrected chi connectivity index (χ0v) is 10.4. The molecule has 1 aromatic carbocycles. The molecule has 0 saturated heterocycles. The van der Waals surface area contributed by atoms with Gasteiger partial charge in [-0.25, -0.2) is 0 Å². The Hall–Kier alpha value is -1.42. The van der Waals surface area contributed by atoms with Gasteiger partial charge in [-0.15, -0.1) is 0 Å². The Morgan fingerprint density at radius 2 is 2.00 bits per heavy atom. The molecule has 18 heavy (non-hydrogen) atoms. The summed E-state index contributed by atoms with van der Waals surface area (Å²) in [4.78, 5) is 13.8. The van der Waals surface area contributed by atoms with Crippen molar-refractivity contribution in [3.05, 3.63) is 23.8 Å². The van der Waals surface area contributed by atoms with Gasteiger partial charge in [0.2, 0.25) is 6.79 Å². The summed E-state index contributed by atoms with van der Waals surface area (Å²) < 4.78 is 10.4. The van der Waals surface area contributed by atoms with E-state index in [1.807, 2.05) is 0 Å². The van der Waals surface area contributed by atoms with Gasteiger partial charge in [0.1, 0.15) is 0 Å². The first-order valence-corrected chi connectivity index (χ1v) is 5.67. The third-order valence-corrected chi connectivity index (χ3v) is 3.12. The number of hydrogen-bond acceptors (Lipinski definition) is 4. The van der Waals surface area contributed by atoms with Crippen LogP contribution in [0.3, 0.4) is 0 Å². The topological polar surface area (TPSA) is 38.8 Å². The average Bonchev–Trinajstić information content (AvgIpc) is 2.82. The molecule has 0 spiro atoms. The second kappa shape index (κ2) is 5.06. The predicted octanol–water partition coefficient (Wildman–Crippen LogP) is 0.539. The first-order chi connectivity index (χ1) is 8.50. The fourth-order valence-corrected chi connectivity index (χ4v) is 1.73. The van der Waals surface area contributed by atoms with Gasteiger partial charge in [-0.2, -0.15) is 0 Å². The molecule has 90 valence electrons. The number of fused-ring (bicyclic) bond motifs is 1. The molecule has 4 radical (unpaired) electrons. The molecule has 1 aromatic rings. The third kappa shape index (κ3) is 2.38. The molecule has 0 bridgehead atoms. The normalized spacial score (nSPS) is 15.1. The molecule has 1 aliphatic heterocycles. The van der Waals surface area contributed by atoms with Gasteiger partial charge >= 0.3 is 0 Å². The summed E-state index contributed by atoms with van der Waals surface area (Å²) in [6.45, 7) is 1.95. The summed E-state index contributed by atoms with van der Waals surface area (Å²) >= 11 is 0. The van der Waals surface area contributed by atoms with Gasteiger partial charge in [-0.1, -0.05) is 5.84 Å². The Labute approximate surface area is 109 Å². The molecule has 1 unspecified atom stereocenters. The average molecular weight is 241 g/mol. The Bertz CT molecular complexity index is 465. The molecular weight excluding hydrogens is 228 g/mol. The second-order valence-corrected chi connectivity index (χ2v) is 4.26. The van der Waals surface area contributed by atoms with E-state index >= 15 is 0 Å². The molecule has 0 saturated carbocycles. The van der Waals surface area contributed by atoms with E-state index in [1.54, 1.807) is 37.1 Å². The van der Waals surface area contributed by atoms with E-state index in [1.165, 1.54) is 0 Å². The highest BCUT2D eigenvalue weighted by atomic mass is 16.7. The van der Waals surface area contributed by atoms with Crippen LogP contribution < -0.4 is 9.47 Å². The number of carbonyl (C=O) groups is 1. The lowest BCUT2D eigenvalue weighted by Gasteiger charge is -2.28. The Morgan fingerprint density at radius 1 is 1.33 bits per heavy atom. The van der Waals surface area contributed by atoms with Crippen LogP contribution in [0.2, 0.25) is 0 Å². The minimum atomic E-state index is -0.669. The summed E-state index contributed by atoms with van der Waals surface area (Å²) in [5.41, 5.74) is 0.555. The van der Waals surface area contributed by atoms with Crippen LogP contribution in [-0.4, -0.2) is 52.1 Å². The predicted molar refractivity (Wildman–Crippen MR) is 69.4 cm³/mol. The minimum absolute atomic E-state index is 0.0586. The zero-order valence-electron chi connectivity index (χ0n) is 10.4. The molecule has 0 aromatic heterocycles. The van der Waals surface area contributed by atoms with Gasteiger partial charge < -0.3 is 14.4 Å². The van der Waals surface area contributed by atoms with Crippen molar-refractivity contribution < 1.29 is 14.3 Å². The Morgan fingerprint density at radius 3 is 2.67 bits per heavy atom. The lowest BCUT2D eigenvalue weighted by Crippen LogP contribution is -2.43. The maximum absolute atomic E-state index is 12.2. The van der Waals surface area contributed by atoms with E-state index in [9.17, 15) is 4.79 Å². The summed E-state index contributed by atoms with van der Waals surface area (Å²) in [5, 5.41) is 0. The second-order valence-electron chi connectivity index (χ2n) is 4.26. The van der Waals surface area contributed by atoms with Crippen molar-refractivity contribution >= 4 is 21.5 Å². The summed E-state index contributed by atoms with van der Waals surface area (Å²) in [7, 11) is 12.8. The van der Waals surface area contributed by atoms with Gasteiger partial charge in [0.05, 0.1) is 21.7 Å². The Balaban J connectivity index is 2.19. The lowest BCUT2D eigenvalue weighted by atomic mass is 9.76. The molecule has 0 amide bonds. The summed E-state index contributed by atoms with van der Waals surface area (Å²) in [6, 6.07) is 4.72. The van der Waals surface area contributed by atoms with E-state index in [2.05, 4.69) is 0 Å². The number of ketones is 1. The molecule has 1 aliphatic rings. The standard InChI is InChI=1S/C12H13B2NO3/c1-7(15(2)12(13)14)11(16)8-3-4-9-10(5-8)18-6-17-9/h3-5,7,12H,6H2,1-2H3. The van der Waals surface area contributed by atoms with E-state index in [0.29, 0.717) is 17.1 Å². The minimum Gasteiger partial charge on any atom is -0.454 e. The molecule has 1 atom stereocenters. The highest BCUT2D eigenvalue weighted by Crippen LogP contribution is 2.32. The van der Waals surface area contributed by atoms with Crippen LogP contribution in [0.15, 0.2) is 18.2 Å². The van der Waals surface area contributed by atoms with Crippen molar-refractivity contribution in [1.82, 2.24) is 4.90 Å². The highest BCUT2D eigenvalue weighted by Gasteiger charge is 2.23. The first-order valence-electron chi connectivity index (χ1n) is 5.67. The lowest BCUT2D eigenvalue weighted by molar-refractivity contribution is 0.0875. The number of nitrogens with zero attached hydrogens (tertiary/aromatic N) is 1. The van der Waals surface area contributed by atoms with E-state index in [0.717, 1.165) is 0 Å². The van der Waals surface area contributed by atoms with Crippen LogP contribution in [0, 0.1) is 0 Å². The third-order valence-electron chi connectivity index (χ3n) is 3.12. The summed E-state index contributed by atoms with van der Waals surface area (Å²) in [6.07, 6.45) is 0. The highest BCUT2D eigenvalue weighted by molar-refractivity contribution is 6.35. The fourth-order valence-electron chi connectivity index (χ4n) is 1.73. The van der Waals surface area contributed by atoms with E-state index in [4.69, 9.17) is 25.2 Å². The van der Waals surface area contributed by atoms with E-state index in [-0.39, 0.29) is 12.6 Å². The molecule has 0 fully saturated rings. The SMILES string of the molecule is [B]C([B])N(C)C(C)C(=O)c1ccc2c(c1)OCO2. The zero-order chi connectivity index (χ0) is 13.3. The van der Waals surface area contributed by atoms with Crippen LogP contribution in [0.5, 0.6) is 11.5 Å². The summed E-state index contributed by atoms with van der Waals surface area (Å²) in [5.74, 6) is 0.519. The fraction of sp³-hybridized carbons (Fsp3) is 0.417. The van der Waals surface area contributed by atoms with Crippen molar-refractivity contribution in [3.63, 3.8) is 0 Å². The van der Waals surface area contributed by atoms with Crippen LogP contribution in [0.25, 0.3) is 0 Å². The van der Waals surface area contributed by atoms with Gasteiger partial charge in [-0.3, -0.25) is 4.79 Å². The van der Waals surface area contributed by atoms with Gasteiger partial charge in [0.15, 0.2) is 17.3 Å². The van der Waals surface area contributed by atoms with E-state index < -0.39 is 11.9 Å². The van der Waals surface area contributed by atoms with Crippen molar-refractivity contribution in [1.29, 1.82) is 0 Å². The monoisotopic (exact) mass is 241 g/mol. The first kappa shape index (κ1) is 13.0. The number of rotatable bonds is 4.